The lowest BCUT2D eigenvalue weighted by Crippen LogP contribution is -2.05. The third-order valence-electron chi connectivity index (χ3n) is 3.27. The summed E-state index contributed by atoms with van der Waals surface area (Å²) in [5.74, 6) is -0.154. The smallest absolute Gasteiger partial charge is 0.309 e. The van der Waals surface area contributed by atoms with Gasteiger partial charge in [0.2, 0.25) is 0 Å². The van der Waals surface area contributed by atoms with Gasteiger partial charge in [-0.3, -0.25) is 4.79 Å². The number of hydrogen-bond acceptors (Lipinski definition) is 2. The standard InChI is InChI=1S/C18H26O2/c1-4-7-8-10-18(19)20-14-17-13-15(6-3)11-12-16(17)9-5-2/h7-8,11-13H,4-6,9-10,14H2,1-3H3/b8-7+. The summed E-state index contributed by atoms with van der Waals surface area (Å²) in [7, 11) is 0. The molecule has 0 unspecified atom stereocenters. The van der Waals surface area contributed by atoms with Gasteiger partial charge in [-0.2, -0.15) is 0 Å². The van der Waals surface area contributed by atoms with E-state index in [0.29, 0.717) is 13.0 Å². The molecule has 0 heterocycles. The molecular weight excluding hydrogens is 248 g/mol. The van der Waals surface area contributed by atoms with E-state index in [2.05, 4.69) is 39.0 Å². The summed E-state index contributed by atoms with van der Waals surface area (Å²) in [5.41, 5.74) is 3.74. The fourth-order valence-corrected chi connectivity index (χ4v) is 2.11. The second-order valence-electron chi connectivity index (χ2n) is 4.95. The van der Waals surface area contributed by atoms with Gasteiger partial charge in [-0.1, -0.05) is 57.5 Å². The quantitative estimate of drug-likeness (QED) is 0.511. The molecule has 110 valence electrons. The van der Waals surface area contributed by atoms with Crippen molar-refractivity contribution >= 4 is 5.97 Å². The lowest BCUT2D eigenvalue weighted by atomic mass is 10.00. The van der Waals surface area contributed by atoms with Crippen LogP contribution in [-0.2, 0) is 29.0 Å². The second kappa shape index (κ2) is 9.35. The van der Waals surface area contributed by atoms with Crippen LogP contribution in [0.15, 0.2) is 30.4 Å². The summed E-state index contributed by atoms with van der Waals surface area (Å²) in [4.78, 5) is 11.6. The van der Waals surface area contributed by atoms with E-state index in [1.54, 1.807) is 0 Å². The van der Waals surface area contributed by atoms with Crippen LogP contribution in [0.25, 0.3) is 0 Å². The van der Waals surface area contributed by atoms with Crippen molar-refractivity contribution in [3.63, 3.8) is 0 Å². The van der Waals surface area contributed by atoms with E-state index >= 15 is 0 Å². The van der Waals surface area contributed by atoms with Crippen molar-refractivity contribution in [1.82, 2.24) is 0 Å². The average Bonchev–Trinajstić information content (AvgIpc) is 2.46. The Bertz CT molecular complexity index is 447. The number of carbonyl (C=O) groups is 1. The van der Waals surface area contributed by atoms with Gasteiger partial charge in [-0.05, 0) is 36.0 Å². The molecule has 0 amide bonds. The van der Waals surface area contributed by atoms with Crippen LogP contribution in [-0.4, -0.2) is 5.97 Å². The van der Waals surface area contributed by atoms with Crippen molar-refractivity contribution in [2.45, 2.75) is 59.5 Å². The minimum Gasteiger partial charge on any atom is -0.461 e. The van der Waals surface area contributed by atoms with Crippen molar-refractivity contribution in [3.8, 4) is 0 Å². The molecule has 0 saturated carbocycles. The van der Waals surface area contributed by atoms with E-state index in [4.69, 9.17) is 4.74 Å². The van der Waals surface area contributed by atoms with E-state index in [1.165, 1.54) is 11.1 Å². The Balaban J connectivity index is 2.64. The van der Waals surface area contributed by atoms with Crippen molar-refractivity contribution in [2.75, 3.05) is 0 Å². The molecular formula is C18H26O2. The topological polar surface area (TPSA) is 26.3 Å². The molecule has 0 aliphatic carbocycles. The fraction of sp³-hybridized carbons (Fsp3) is 0.500. The summed E-state index contributed by atoms with van der Waals surface area (Å²) >= 11 is 0. The Labute approximate surface area is 122 Å². The molecule has 0 bridgehead atoms. The predicted molar refractivity (Wildman–Crippen MR) is 83.7 cm³/mol. The number of aryl methyl sites for hydroxylation is 2. The van der Waals surface area contributed by atoms with Crippen LogP contribution in [0, 0.1) is 0 Å². The Hall–Kier alpha value is -1.57. The van der Waals surface area contributed by atoms with Crippen LogP contribution in [0.5, 0.6) is 0 Å². The average molecular weight is 274 g/mol. The molecule has 0 spiro atoms. The van der Waals surface area contributed by atoms with Gasteiger partial charge in [-0.25, -0.2) is 0 Å². The lowest BCUT2D eigenvalue weighted by Gasteiger charge is -2.11. The van der Waals surface area contributed by atoms with Crippen molar-refractivity contribution in [1.29, 1.82) is 0 Å². The highest BCUT2D eigenvalue weighted by atomic mass is 16.5. The molecule has 0 N–H and O–H groups in total. The van der Waals surface area contributed by atoms with Gasteiger partial charge in [0.15, 0.2) is 0 Å². The number of hydrogen-bond donors (Lipinski definition) is 0. The fourth-order valence-electron chi connectivity index (χ4n) is 2.11. The van der Waals surface area contributed by atoms with Gasteiger partial charge >= 0.3 is 5.97 Å². The summed E-state index contributed by atoms with van der Waals surface area (Å²) in [5, 5.41) is 0. The van der Waals surface area contributed by atoms with Crippen LogP contribution in [0.2, 0.25) is 0 Å². The molecule has 0 fully saturated rings. The minimum absolute atomic E-state index is 0.154. The summed E-state index contributed by atoms with van der Waals surface area (Å²) in [6.45, 7) is 6.75. The normalized spacial score (nSPS) is 10.9. The van der Waals surface area contributed by atoms with Crippen LogP contribution in [0.3, 0.4) is 0 Å². The van der Waals surface area contributed by atoms with E-state index in [0.717, 1.165) is 31.2 Å². The second-order valence-corrected chi connectivity index (χ2v) is 4.95. The molecule has 0 aromatic heterocycles. The first-order valence-corrected chi connectivity index (χ1v) is 7.62. The number of carbonyl (C=O) groups excluding carboxylic acids is 1. The van der Waals surface area contributed by atoms with E-state index in [1.807, 2.05) is 12.2 Å². The molecule has 0 aliphatic rings. The number of benzene rings is 1. The Kier molecular flexibility index (Phi) is 7.71. The third kappa shape index (κ3) is 5.60. The molecule has 0 atom stereocenters. The van der Waals surface area contributed by atoms with E-state index in [9.17, 15) is 4.79 Å². The van der Waals surface area contributed by atoms with Crippen LogP contribution in [0.1, 0.15) is 56.7 Å². The molecule has 1 aromatic rings. The largest absolute Gasteiger partial charge is 0.461 e. The van der Waals surface area contributed by atoms with E-state index < -0.39 is 0 Å². The van der Waals surface area contributed by atoms with Crippen LogP contribution >= 0.6 is 0 Å². The molecule has 2 heteroatoms. The zero-order valence-electron chi connectivity index (χ0n) is 12.9. The molecule has 1 rings (SSSR count). The van der Waals surface area contributed by atoms with Crippen LogP contribution < -0.4 is 0 Å². The van der Waals surface area contributed by atoms with Gasteiger partial charge < -0.3 is 4.74 Å². The molecule has 0 radical (unpaired) electrons. The monoisotopic (exact) mass is 274 g/mol. The molecule has 1 aromatic carbocycles. The number of allylic oxidation sites excluding steroid dienone is 1. The first-order valence-electron chi connectivity index (χ1n) is 7.62. The van der Waals surface area contributed by atoms with Crippen molar-refractivity contribution in [3.05, 3.63) is 47.0 Å². The maximum absolute atomic E-state index is 11.6. The van der Waals surface area contributed by atoms with Gasteiger partial charge in [-0.15, -0.1) is 0 Å². The minimum atomic E-state index is -0.154. The molecule has 0 aliphatic heterocycles. The first-order chi connectivity index (χ1) is 9.71. The zero-order valence-corrected chi connectivity index (χ0v) is 12.9. The van der Waals surface area contributed by atoms with Crippen LogP contribution in [0.4, 0.5) is 0 Å². The van der Waals surface area contributed by atoms with Gasteiger partial charge in [0, 0.05) is 0 Å². The van der Waals surface area contributed by atoms with E-state index in [-0.39, 0.29) is 5.97 Å². The highest BCUT2D eigenvalue weighted by molar-refractivity contribution is 5.71. The maximum atomic E-state index is 11.6. The Morgan fingerprint density at radius 2 is 1.95 bits per heavy atom. The number of ether oxygens (including phenoxy) is 1. The zero-order chi connectivity index (χ0) is 14.8. The van der Waals surface area contributed by atoms with Gasteiger partial charge in [0.25, 0.3) is 0 Å². The summed E-state index contributed by atoms with van der Waals surface area (Å²) in [6, 6.07) is 6.50. The van der Waals surface area contributed by atoms with Gasteiger partial charge in [0.05, 0.1) is 6.42 Å². The van der Waals surface area contributed by atoms with Crippen molar-refractivity contribution in [2.24, 2.45) is 0 Å². The number of esters is 1. The SMILES string of the molecule is CC/C=C/CC(=O)OCc1cc(CC)ccc1CCC. The summed E-state index contributed by atoms with van der Waals surface area (Å²) < 4.78 is 5.37. The Morgan fingerprint density at radius 3 is 2.60 bits per heavy atom. The highest BCUT2D eigenvalue weighted by Gasteiger charge is 2.06. The Morgan fingerprint density at radius 1 is 1.15 bits per heavy atom. The molecule has 0 saturated heterocycles. The highest BCUT2D eigenvalue weighted by Crippen LogP contribution is 2.16. The van der Waals surface area contributed by atoms with Crippen molar-refractivity contribution < 1.29 is 9.53 Å². The molecule has 2 nitrogen and oxygen atoms in total. The van der Waals surface area contributed by atoms with Gasteiger partial charge in [0.1, 0.15) is 6.61 Å². The molecule has 20 heavy (non-hydrogen) atoms. The number of rotatable bonds is 8. The predicted octanol–water partition coefficient (Wildman–Crippen LogP) is 4.60. The lowest BCUT2D eigenvalue weighted by molar-refractivity contribution is -0.143. The first kappa shape index (κ1) is 16.5. The maximum Gasteiger partial charge on any atom is 0.309 e. The summed E-state index contributed by atoms with van der Waals surface area (Å²) in [6.07, 6.45) is 8.32. The third-order valence-corrected chi connectivity index (χ3v) is 3.27.